The molecule has 0 aliphatic rings. The second-order valence-electron chi connectivity index (χ2n) is 14.3. The summed E-state index contributed by atoms with van der Waals surface area (Å²) in [4.78, 5) is 4.69. The molecule has 1 heterocycles. The van der Waals surface area contributed by atoms with Crippen LogP contribution in [0, 0.1) is 0 Å². The Morgan fingerprint density at radius 2 is 0.704 bits per heavy atom. The Kier molecular flexibility index (Phi) is 8.53. The molecule has 1 aromatic heterocycles. The highest BCUT2D eigenvalue weighted by molar-refractivity contribution is 6.12. The highest BCUT2D eigenvalue weighted by Gasteiger charge is 2.28. The number of anilines is 6. The summed E-state index contributed by atoms with van der Waals surface area (Å²) < 4.78 is 2.48. The zero-order chi connectivity index (χ0) is 36.5. The van der Waals surface area contributed by atoms with Crippen LogP contribution in [0.15, 0.2) is 212 Å². The Hall–Kier alpha value is -6.84. The molecule has 0 bridgehead atoms. The van der Waals surface area contributed by atoms with Crippen molar-refractivity contribution >= 4 is 55.9 Å². The predicted octanol–water partition coefficient (Wildman–Crippen LogP) is 14.0. The summed E-state index contributed by atoms with van der Waals surface area (Å²) >= 11 is 0. The van der Waals surface area contributed by atoms with Crippen LogP contribution >= 0.6 is 0 Å². The number of para-hydroxylation sites is 5. The minimum Gasteiger partial charge on any atom is -0.310 e. The summed E-state index contributed by atoms with van der Waals surface area (Å²) in [6, 6.07) is 76.2. The predicted molar refractivity (Wildman–Crippen MR) is 229 cm³/mol. The summed E-state index contributed by atoms with van der Waals surface area (Å²) in [6.07, 6.45) is 0. The number of fused-ring (bicyclic) bond motifs is 3. The Morgan fingerprint density at radius 3 is 1.11 bits per heavy atom. The number of benzene rings is 8. The molecule has 54 heavy (non-hydrogen) atoms. The summed E-state index contributed by atoms with van der Waals surface area (Å²) in [5, 5.41) is 2.38. The molecule has 9 rings (SSSR count). The molecule has 9 aromatic rings. The fourth-order valence-electron chi connectivity index (χ4n) is 7.95. The van der Waals surface area contributed by atoms with Gasteiger partial charge in [-0.05, 0) is 102 Å². The van der Waals surface area contributed by atoms with Crippen molar-refractivity contribution in [2.24, 2.45) is 0 Å². The van der Waals surface area contributed by atoms with E-state index in [1.807, 2.05) is 0 Å². The van der Waals surface area contributed by atoms with E-state index >= 15 is 0 Å². The zero-order valence-electron chi connectivity index (χ0n) is 30.5. The van der Waals surface area contributed by atoms with Gasteiger partial charge in [0.1, 0.15) is 0 Å². The van der Waals surface area contributed by atoms with E-state index in [2.05, 4.69) is 241 Å². The molecule has 0 aliphatic heterocycles. The maximum Gasteiger partial charge on any atom is 0.0542 e. The Bertz CT molecular complexity index is 2450. The van der Waals surface area contributed by atoms with Gasteiger partial charge in [-0.25, -0.2) is 0 Å². The normalized spacial score (nSPS) is 11.5. The number of nitrogens with zero attached hydrogens (tertiary/aromatic N) is 3. The van der Waals surface area contributed by atoms with E-state index in [-0.39, 0.29) is 5.41 Å². The van der Waals surface area contributed by atoms with Gasteiger partial charge in [0.15, 0.2) is 0 Å². The van der Waals surface area contributed by atoms with Crippen LogP contribution in [0.1, 0.15) is 25.0 Å². The number of hydrogen-bond acceptors (Lipinski definition) is 2. The van der Waals surface area contributed by atoms with E-state index in [0.717, 1.165) is 45.2 Å². The van der Waals surface area contributed by atoms with Crippen LogP contribution in [0.25, 0.3) is 27.5 Å². The molecular formula is C51H41N3. The largest absolute Gasteiger partial charge is 0.310 e. The summed E-state index contributed by atoms with van der Waals surface area (Å²) in [5.74, 6) is 0. The van der Waals surface area contributed by atoms with Crippen LogP contribution in [0.2, 0.25) is 0 Å². The van der Waals surface area contributed by atoms with Crippen molar-refractivity contribution in [3.05, 3.63) is 223 Å². The average molecular weight is 696 g/mol. The Labute approximate surface area is 317 Å². The van der Waals surface area contributed by atoms with E-state index in [1.54, 1.807) is 0 Å². The monoisotopic (exact) mass is 695 g/mol. The molecule has 8 aromatic carbocycles. The zero-order valence-corrected chi connectivity index (χ0v) is 30.5. The maximum atomic E-state index is 2.48. The van der Waals surface area contributed by atoms with Crippen molar-refractivity contribution in [3.63, 3.8) is 0 Å². The second kappa shape index (κ2) is 13.9. The van der Waals surface area contributed by atoms with Crippen molar-refractivity contribution in [2.45, 2.75) is 19.3 Å². The van der Waals surface area contributed by atoms with Gasteiger partial charge in [-0.2, -0.15) is 0 Å². The van der Waals surface area contributed by atoms with Crippen LogP contribution < -0.4 is 9.80 Å². The van der Waals surface area contributed by atoms with Crippen molar-refractivity contribution in [3.8, 4) is 5.69 Å². The van der Waals surface area contributed by atoms with Gasteiger partial charge in [0.2, 0.25) is 0 Å². The Morgan fingerprint density at radius 1 is 0.352 bits per heavy atom. The summed E-state index contributed by atoms with van der Waals surface area (Å²) in [6.45, 7) is 4.67. The molecule has 260 valence electrons. The first kappa shape index (κ1) is 33.0. The number of rotatable bonds is 9. The smallest absolute Gasteiger partial charge is 0.0542 e. The van der Waals surface area contributed by atoms with Crippen LogP contribution in [0.4, 0.5) is 34.1 Å². The van der Waals surface area contributed by atoms with Crippen LogP contribution in [-0.2, 0) is 5.41 Å². The fourth-order valence-corrected chi connectivity index (χ4v) is 7.95. The molecule has 0 radical (unpaired) electrons. The van der Waals surface area contributed by atoms with Crippen molar-refractivity contribution in [1.29, 1.82) is 0 Å². The van der Waals surface area contributed by atoms with Crippen LogP contribution in [0.5, 0.6) is 0 Å². The van der Waals surface area contributed by atoms with Gasteiger partial charge in [-0.15, -0.1) is 0 Å². The van der Waals surface area contributed by atoms with Gasteiger partial charge in [0.05, 0.1) is 16.7 Å². The molecule has 0 saturated heterocycles. The molecule has 0 spiro atoms. The quantitative estimate of drug-likeness (QED) is 0.149. The molecule has 0 aliphatic carbocycles. The molecule has 0 N–H and O–H groups in total. The first-order chi connectivity index (χ1) is 26.6. The maximum absolute atomic E-state index is 2.48. The minimum absolute atomic E-state index is 0.241. The third-order valence-corrected chi connectivity index (χ3v) is 10.6. The summed E-state index contributed by atoms with van der Waals surface area (Å²) in [7, 11) is 0. The molecule has 0 saturated carbocycles. The van der Waals surface area contributed by atoms with E-state index in [1.165, 1.54) is 27.6 Å². The molecule has 0 fully saturated rings. The molecule has 3 heteroatoms. The highest BCUT2D eigenvalue weighted by Crippen LogP contribution is 2.44. The van der Waals surface area contributed by atoms with Crippen LogP contribution in [-0.4, -0.2) is 4.57 Å². The molecule has 3 nitrogen and oxygen atoms in total. The first-order valence-corrected chi connectivity index (χ1v) is 18.6. The SMILES string of the molecule is CC(C)(c1ccccc1)c1ccccc1-n1c2ccc(N(c3ccccc3)c3ccccc3)cc2c2cc(N(c3ccccc3)c3ccccc3)ccc21. The van der Waals surface area contributed by atoms with E-state index in [9.17, 15) is 0 Å². The summed E-state index contributed by atoms with van der Waals surface area (Å²) in [5.41, 5.74) is 12.5. The second-order valence-corrected chi connectivity index (χ2v) is 14.3. The van der Waals surface area contributed by atoms with E-state index < -0.39 is 0 Å². The van der Waals surface area contributed by atoms with Gasteiger partial charge in [0.25, 0.3) is 0 Å². The van der Waals surface area contributed by atoms with Gasteiger partial charge in [-0.3, -0.25) is 0 Å². The van der Waals surface area contributed by atoms with E-state index in [0.29, 0.717) is 0 Å². The van der Waals surface area contributed by atoms with Crippen molar-refractivity contribution < 1.29 is 0 Å². The standard InChI is InChI=1S/C51H41N3/c1-51(2,38-20-8-3-9-21-38)47-30-18-19-31-50(47)54-48-34-32-43(52(39-22-10-4-11-23-39)40-24-12-5-13-25-40)36-45(48)46-37-44(33-35-49(46)54)53(41-26-14-6-15-27-41)42-28-16-7-17-29-42/h3-37H,1-2H3. The number of hydrogen-bond donors (Lipinski definition) is 0. The lowest BCUT2D eigenvalue weighted by molar-refractivity contribution is 0.637. The molecule has 0 atom stereocenters. The molecule has 0 unspecified atom stereocenters. The van der Waals surface area contributed by atoms with Gasteiger partial charge in [0, 0.05) is 50.3 Å². The average Bonchev–Trinajstić information content (AvgIpc) is 3.56. The van der Waals surface area contributed by atoms with E-state index in [4.69, 9.17) is 0 Å². The lowest BCUT2D eigenvalue weighted by Crippen LogP contribution is -2.21. The first-order valence-electron chi connectivity index (χ1n) is 18.6. The molecule has 0 amide bonds. The molecular weight excluding hydrogens is 655 g/mol. The minimum atomic E-state index is -0.241. The lowest BCUT2D eigenvalue weighted by atomic mass is 9.77. The van der Waals surface area contributed by atoms with Gasteiger partial charge < -0.3 is 14.4 Å². The topological polar surface area (TPSA) is 11.4 Å². The third-order valence-electron chi connectivity index (χ3n) is 10.6. The fraction of sp³-hybridized carbons (Fsp3) is 0.0588. The van der Waals surface area contributed by atoms with Gasteiger partial charge in [-0.1, -0.05) is 135 Å². The van der Waals surface area contributed by atoms with Crippen molar-refractivity contribution in [2.75, 3.05) is 9.80 Å². The highest BCUT2D eigenvalue weighted by atomic mass is 15.1. The number of aromatic nitrogens is 1. The van der Waals surface area contributed by atoms with Gasteiger partial charge >= 0.3 is 0 Å². The lowest BCUT2D eigenvalue weighted by Gasteiger charge is -2.29. The van der Waals surface area contributed by atoms with Crippen molar-refractivity contribution in [1.82, 2.24) is 4.57 Å². The third kappa shape index (κ3) is 5.90. The Balaban J connectivity index is 1.33. The van der Waals surface area contributed by atoms with Crippen LogP contribution in [0.3, 0.4) is 0 Å².